The second kappa shape index (κ2) is 6.30. The Kier molecular flexibility index (Phi) is 4.98. The summed E-state index contributed by atoms with van der Waals surface area (Å²) in [4.78, 5) is 0. The molecule has 0 atom stereocenters. The highest BCUT2D eigenvalue weighted by Crippen LogP contribution is 2.18. The number of halogens is 2. The first-order valence-corrected chi connectivity index (χ1v) is 4.92. The Morgan fingerprint density at radius 2 is 1.93 bits per heavy atom. The molecule has 0 saturated carbocycles. The van der Waals surface area contributed by atoms with E-state index >= 15 is 0 Å². The second-order valence-electron chi connectivity index (χ2n) is 3.30. The van der Waals surface area contributed by atoms with Gasteiger partial charge in [0.15, 0.2) is 0 Å². The minimum atomic E-state index is -2.38. The molecule has 0 aliphatic rings. The third kappa shape index (κ3) is 4.21. The fourth-order valence-corrected chi connectivity index (χ4v) is 1.22. The van der Waals surface area contributed by atoms with Crippen LogP contribution >= 0.6 is 0 Å². The molecule has 0 amide bonds. The molecule has 1 N–H and O–H groups in total. The highest BCUT2D eigenvalue weighted by molar-refractivity contribution is 5.23. The lowest BCUT2D eigenvalue weighted by Gasteiger charge is -2.04. The summed E-state index contributed by atoms with van der Waals surface area (Å²) in [6.07, 6.45) is 0.370. The molecule has 82 valence electrons. The average molecular weight is 211 g/mol. The topological polar surface area (TPSA) is 12.0 Å². The maximum Gasteiger partial charge on any atom is 0.263 e. The summed E-state index contributed by atoms with van der Waals surface area (Å²) in [6.45, 7) is 5.18. The molecule has 15 heavy (non-hydrogen) atoms. The van der Waals surface area contributed by atoms with Gasteiger partial charge in [0, 0.05) is 12.1 Å². The summed E-state index contributed by atoms with van der Waals surface area (Å²) in [5, 5.41) is 3.19. The third-order valence-corrected chi connectivity index (χ3v) is 2.09. The van der Waals surface area contributed by atoms with Gasteiger partial charge in [-0.2, -0.15) is 0 Å². The zero-order chi connectivity index (χ0) is 11.1. The van der Waals surface area contributed by atoms with E-state index in [-0.39, 0.29) is 5.56 Å². The standard InChI is InChI=1S/C12H15F2N/c1-2-3-8-15-9-10-4-6-11(7-5-10)12(13)14/h2,4-7,12,15H,1,3,8-9H2. The molecule has 0 bridgehead atoms. The van der Waals surface area contributed by atoms with Crippen molar-refractivity contribution in [2.24, 2.45) is 0 Å². The first-order valence-electron chi connectivity index (χ1n) is 4.92. The van der Waals surface area contributed by atoms with E-state index in [0.717, 1.165) is 18.5 Å². The maximum absolute atomic E-state index is 12.2. The van der Waals surface area contributed by atoms with Gasteiger partial charge in [0.2, 0.25) is 0 Å². The molecule has 0 unspecified atom stereocenters. The largest absolute Gasteiger partial charge is 0.312 e. The van der Waals surface area contributed by atoms with Crippen molar-refractivity contribution >= 4 is 0 Å². The second-order valence-corrected chi connectivity index (χ2v) is 3.30. The fourth-order valence-electron chi connectivity index (χ4n) is 1.22. The van der Waals surface area contributed by atoms with Crippen LogP contribution in [0.1, 0.15) is 24.0 Å². The van der Waals surface area contributed by atoms with Gasteiger partial charge in [-0.05, 0) is 18.5 Å². The predicted molar refractivity (Wildman–Crippen MR) is 57.9 cm³/mol. The molecule has 0 fully saturated rings. The molecule has 1 aromatic rings. The molecular formula is C12H15F2N. The van der Waals surface area contributed by atoms with E-state index in [4.69, 9.17) is 0 Å². The number of alkyl halides is 2. The van der Waals surface area contributed by atoms with Crippen LogP contribution in [0.2, 0.25) is 0 Å². The lowest BCUT2D eigenvalue weighted by atomic mass is 10.1. The van der Waals surface area contributed by atoms with Crippen molar-refractivity contribution < 1.29 is 8.78 Å². The van der Waals surface area contributed by atoms with Gasteiger partial charge in [-0.3, -0.25) is 0 Å². The number of nitrogens with one attached hydrogen (secondary N) is 1. The van der Waals surface area contributed by atoms with Gasteiger partial charge in [-0.1, -0.05) is 30.3 Å². The van der Waals surface area contributed by atoms with Crippen LogP contribution in [0.4, 0.5) is 8.78 Å². The van der Waals surface area contributed by atoms with Crippen LogP contribution in [0.5, 0.6) is 0 Å². The molecule has 0 saturated heterocycles. The third-order valence-electron chi connectivity index (χ3n) is 2.09. The Balaban J connectivity index is 2.39. The molecule has 1 rings (SSSR count). The van der Waals surface area contributed by atoms with E-state index < -0.39 is 6.43 Å². The Bertz CT molecular complexity index is 293. The van der Waals surface area contributed by atoms with Gasteiger partial charge in [0.25, 0.3) is 6.43 Å². The SMILES string of the molecule is C=CCCNCc1ccc(C(F)F)cc1. The molecule has 1 aromatic carbocycles. The fraction of sp³-hybridized carbons (Fsp3) is 0.333. The minimum Gasteiger partial charge on any atom is -0.312 e. The first-order chi connectivity index (χ1) is 7.24. The van der Waals surface area contributed by atoms with Gasteiger partial charge in [0.05, 0.1) is 0 Å². The Morgan fingerprint density at radius 3 is 2.47 bits per heavy atom. The quantitative estimate of drug-likeness (QED) is 0.562. The van der Waals surface area contributed by atoms with E-state index in [9.17, 15) is 8.78 Å². The number of hydrogen-bond acceptors (Lipinski definition) is 1. The molecule has 0 radical (unpaired) electrons. The van der Waals surface area contributed by atoms with Crippen molar-refractivity contribution in [3.05, 3.63) is 48.0 Å². The smallest absolute Gasteiger partial charge is 0.263 e. The Morgan fingerprint density at radius 1 is 1.27 bits per heavy atom. The van der Waals surface area contributed by atoms with Crippen molar-refractivity contribution in [2.45, 2.75) is 19.4 Å². The van der Waals surface area contributed by atoms with Crippen LogP contribution < -0.4 is 5.32 Å². The minimum absolute atomic E-state index is 0.0739. The highest BCUT2D eigenvalue weighted by atomic mass is 19.3. The summed E-state index contributed by atoms with van der Waals surface area (Å²) in [5.41, 5.74) is 1.09. The molecule has 0 aliphatic carbocycles. The van der Waals surface area contributed by atoms with Crippen molar-refractivity contribution in [2.75, 3.05) is 6.54 Å². The van der Waals surface area contributed by atoms with E-state index in [1.807, 2.05) is 6.08 Å². The summed E-state index contributed by atoms with van der Waals surface area (Å²) in [5.74, 6) is 0. The predicted octanol–water partition coefficient (Wildman–Crippen LogP) is 3.29. The van der Waals surface area contributed by atoms with Crippen LogP contribution in [-0.4, -0.2) is 6.54 Å². The van der Waals surface area contributed by atoms with E-state index in [0.29, 0.717) is 6.54 Å². The molecule has 0 aromatic heterocycles. The first kappa shape index (κ1) is 11.9. The normalized spacial score (nSPS) is 10.6. The van der Waals surface area contributed by atoms with Gasteiger partial charge >= 0.3 is 0 Å². The van der Waals surface area contributed by atoms with E-state index in [1.165, 1.54) is 12.1 Å². The zero-order valence-electron chi connectivity index (χ0n) is 8.55. The van der Waals surface area contributed by atoms with Crippen LogP contribution in [-0.2, 0) is 6.54 Å². The van der Waals surface area contributed by atoms with Gasteiger partial charge < -0.3 is 5.32 Å². The van der Waals surface area contributed by atoms with Crippen molar-refractivity contribution in [3.8, 4) is 0 Å². The monoisotopic (exact) mass is 211 g/mol. The lowest BCUT2D eigenvalue weighted by Crippen LogP contribution is -2.13. The molecular weight excluding hydrogens is 196 g/mol. The number of rotatable bonds is 6. The van der Waals surface area contributed by atoms with E-state index in [1.54, 1.807) is 12.1 Å². The number of benzene rings is 1. The van der Waals surface area contributed by atoms with Gasteiger partial charge in [0.1, 0.15) is 0 Å². The molecule has 0 heterocycles. The van der Waals surface area contributed by atoms with Gasteiger partial charge in [-0.25, -0.2) is 8.78 Å². The van der Waals surface area contributed by atoms with Crippen molar-refractivity contribution in [3.63, 3.8) is 0 Å². The summed E-state index contributed by atoms with van der Waals surface area (Å²) >= 11 is 0. The lowest BCUT2D eigenvalue weighted by molar-refractivity contribution is 0.151. The Hall–Kier alpha value is -1.22. The average Bonchev–Trinajstić information content (AvgIpc) is 2.25. The molecule has 0 aliphatic heterocycles. The van der Waals surface area contributed by atoms with Gasteiger partial charge in [-0.15, -0.1) is 6.58 Å². The molecule has 3 heteroatoms. The summed E-state index contributed by atoms with van der Waals surface area (Å²) in [7, 11) is 0. The highest BCUT2D eigenvalue weighted by Gasteiger charge is 2.05. The summed E-state index contributed by atoms with van der Waals surface area (Å²) in [6, 6.07) is 6.38. The van der Waals surface area contributed by atoms with Crippen LogP contribution in [0.3, 0.4) is 0 Å². The maximum atomic E-state index is 12.2. The number of hydrogen-bond donors (Lipinski definition) is 1. The molecule has 0 spiro atoms. The van der Waals surface area contributed by atoms with Crippen molar-refractivity contribution in [1.82, 2.24) is 5.32 Å². The van der Waals surface area contributed by atoms with Crippen molar-refractivity contribution in [1.29, 1.82) is 0 Å². The Labute approximate surface area is 88.8 Å². The van der Waals surface area contributed by atoms with E-state index in [2.05, 4.69) is 11.9 Å². The molecule has 1 nitrogen and oxygen atoms in total. The van der Waals surface area contributed by atoms with Crippen LogP contribution in [0.15, 0.2) is 36.9 Å². The zero-order valence-corrected chi connectivity index (χ0v) is 8.55. The van der Waals surface area contributed by atoms with Crippen LogP contribution in [0.25, 0.3) is 0 Å². The van der Waals surface area contributed by atoms with Crippen LogP contribution in [0, 0.1) is 0 Å². The summed E-state index contributed by atoms with van der Waals surface area (Å²) < 4.78 is 24.4.